The smallest absolute Gasteiger partial charge is 0.238 e. The van der Waals surface area contributed by atoms with Crippen LogP contribution in [0.5, 0.6) is 0 Å². The molecule has 240 valence electrons. The second-order valence-electron chi connectivity index (χ2n) is 12.9. The standard InChI is InChI=1S/C46H30N4O/c1-29-13-10-24-40-41(29)37-18-8-9-23-39(37)50(40)46-48-44(33-16-6-3-7-17-33)47-45(49-46)38-22-12-21-36-35-20-11-19-34(42(35)51-43(36)38)32-27-25-31(26-28-32)30-14-4-2-5-15-30/h2-28H,1H3. The van der Waals surface area contributed by atoms with Gasteiger partial charge in [-0.05, 0) is 47.4 Å². The highest BCUT2D eigenvalue weighted by Gasteiger charge is 2.21. The lowest BCUT2D eigenvalue weighted by Gasteiger charge is -2.11. The van der Waals surface area contributed by atoms with Crippen molar-refractivity contribution in [2.24, 2.45) is 0 Å². The van der Waals surface area contributed by atoms with Crippen LogP contribution < -0.4 is 0 Å². The summed E-state index contributed by atoms with van der Waals surface area (Å²) in [5.74, 6) is 1.71. The normalized spacial score (nSPS) is 11.6. The molecule has 0 spiro atoms. The van der Waals surface area contributed by atoms with Crippen molar-refractivity contribution >= 4 is 43.7 Å². The molecule has 3 aromatic heterocycles. The van der Waals surface area contributed by atoms with Gasteiger partial charge in [-0.15, -0.1) is 0 Å². The van der Waals surface area contributed by atoms with E-state index in [-0.39, 0.29) is 0 Å². The van der Waals surface area contributed by atoms with Gasteiger partial charge in [-0.1, -0.05) is 146 Å². The van der Waals surface area contributed by atoms with Crippen LogP contribution in [-0.2, 0) is 0 Å². The van der Waals surface area contributed by atoms with Crippen LogP contribution in [0.15, 0.2) is 168 Å². The molecule has 7 aromatic carbocycles. The number of hydrogen-bond acceptors (Lipinski definition) is 4. The van der Waals surface area contributed by atoms with Crippen LogP contribution in [0.25, 0.3) is 94.7 Å². The maximum absolute atomic E-state index is 6.86. The first-order valence-corrected chi connectivity index (χ1v) is 17.1. The molecule has 0 aliphatic heterocycles. The van der Waals surface area contributed by atoms with E-state index in [1.54, 1.807) is 0 Å². The molecule has 0 fully saturated rings. The van der Waals surface area contributed by atoms with Crippen LogP contribution in [0.4, 0.5) is 0 Å². The summed E-state index contributed by atoms with van der Waals surface area (Å²) < 4.78 is 9.02. The van der Waals surface area contributed by atoms with Crippen molar-refractivity contribution in [2.45, 2.75) is 6.92 Å². The van der Waals surface area contributed by atoms with E-state index in [0.29, 0.717) is 17.6 Å². The predicted octanol–water partition coefficient (Wildman–Crippen LogP) is 11.8. The van der Waals surface area contributed by atoms with Crippen LogP contribution in [0.3, 0.4) is 0 Å². The molecular formula is C46H30N4O. The van der Waals surface area contributed by atoms with Gasteiger partial charge in [0.15, 0.2) is 11.6 Å². The van der Waals surface area contributed by atoms with E-state index in [2.05, 4.69) is 133 Å². The molecule has 10 rings (SSSR count). The van der Waals surface area contributed by atoms with Gasteiger partial charge in [0.25, 0.3) is 0 Å². The SMILES string of the molecule is Cc1cccc2c1c1ccccc1n2-c1nc(-c2ccccc2)nc(-c2cccc3c2oc2c(-c4ccc(-c5ccccc5)cc4)cccc23)n1. The largest absolute Gasteiger partial charge is 0.455 e. The van der Waals surface area contributed by atoms with Gasteiger partial charge in [-0.3, -0.25) is 4.57 Å². The van der Waals surface area contributed by atoms with Crippen molar-refractivity contribution in [3.05, 3.63) is 169 Å². The van der Waals surface area contributed by atoms with Crippen molar-refractivity contribution in [2.75, 3.05) is 0 Å². The van der Waals surface area contributed by atoms with Crippen molar-refractivity contribution in [1.82, 2.24) is 19.5 Å². The summed E-state index contributed by atoms with van der Waals surface area (Å²) in [6.45, 7) is 2.15. The Morgan fingerprint density at radius 3 is 1.73 bits per heavy atom. The number of hydrogen-bond donors (Lipinski definition) is 0. The summed E-state index contributed by atoms with van der Waals surface area (Å²) in [6, 6.07) is 56.6. The lowest BCUT2D eigenvalue weighted by molar-refractivity contribution is 0.670. The molecule has 0 bridgehead atoms. The number of benzene rings is 7. The van der Waals surface area contributed by atoms with E-state index in [1.165, 1.54) is 22.1 Å². The van der Waals surface area contributed by atoms with Crippen molar-refractivity contribution < 1.29 is 4.42 Å². The number of fused-ring (bicyclic) bond motifs is 6. The quantitative estimate of drug-likeness (QED) is 0.185. The zero-order chi connectivity index (χ0) is 33.9. The number of furan rings is 1. The summed E-state index contributed by atoms with van der Waals surface area (Å²) in [5.41, 5.74) is 11.1. The average molecular weight is 655 g/mol. The Bertz CT molecular complexity index is 2910. The molecule has 0 aliphatic carbocycles. The second-order valence-corrected chi connectivity index (χ2v) is 12.9. The number of aryl methyl sites for hydroxylation is 1. The fraction of sp³-hybridized carbons (Fsp3) is 0.0217. The van der Waals surface area contributed by atoms with Gasteiger partial charge in [0.05, 0.1) is 16.6 Å². The third-order valence-corrected chi connectivity index (χ3v) is 9.83. The molecule has 5 nitrogen and oxygen atoms in total. The van der Waals surface area contributed by atoms with Crippen LogP contribution in [0.2, 0.25) is 0 Å². The zero-order valence-electron chi connectivity index (χ0n) is 27.8. The van der Waals surface area contributed by atoms with E-state index >= 15 is 0 Å². The summed E-state index contributed by atoms with van der Waals surface area (Å²) >= 11 is 0. The van der Waals surface area contributed by atoms with Gasteiger partial charge >= 0.3 is 0 Å². The minimum absolute atomic E-state index is 0.552. The summed E-state index contributed by atoms with van der Waals surface area (Å²) in [4.78, 5) is 15.4. The van der Waals surface area contributed by atoms with E-state index in [9.17, 15) is 0 Å². The number of aromatic nitrogens is 4. The number of nitrogens with zero attached hydrogens (tertiary/aromatic N) is 4. The summed E-state index contributed by atoms with van der Waals surface area (Å²) in [5, 5.41) is 4.42. The Hall–Kier alpha value is -6.85. The summed E-state index contributed by atoms with van der Waals surface area (Å²) in [7, 11) is 0. The van der Waals surface area contributed by atoms with E-state index in [1.807, 2.05) is 42.5 Å². The fourth-order valence-corrected chi connectivity index (χ4v) is 7.41. The lowest BCUT2D eigenvalue weighted by Crippen LogP contribution is -2.06. The molecule has 3 heterocycles. The Balaban J connectivity index is 1.19. The molecule has 5 heteroatoms. The third-order valence-electron chi connectivity index (χ3n) is 9.83. The van der Waals surface area contributed by atoms with Gasteiger partial charge in [0, 0.05) is 32.7 Å². The Kier molecular flexibility index (Phi) is 6.64. The van der Waals surface area contributed by atoms with Crippen LogP contribution in [0.1, 0.15) is 5.56 Å². The molecule has 51 heavy (non-hydrogen) atoms. The lowest BCUT2D eigenvalue weighted by atomic mass is 9.99. The summed E-state index contributed by atoms with van der Waals surface area (Å²) in [6.07, 6.45) is 0. The number of rotatable bonds is 5. The van der Waals surface area contributed by atoms with Crippen molar-refractivity contribution in [1.29, 1.82) is 0 Å². The Labute approximate surface area is 294 Å². The molecule has 0 amide bonds. The Morgan fingerprint density at radius 1 is 0.412 bits per heavy atom. The third kappa shape index (κ3) is 4.74. The van der Waals surface area contributed by atoms with Crippen LogP contribution in [0, 0.1) is 6.92 Å². The maximum Gasteiger partial charge on any atom is 0.238 e. The number of para-hydroxylation sites is 3. The minimum Gasteiger partial charge on any atom is -0.455 e. The first kappa shape index (κ1) is 29.1. The minimum atomic E-state index is 0.552. The van der Waals surface area contributed by atoms with Gasteiger partial charge in [-0.2, -0.15) is 9.97 Å². The molecule has 0 radical (unpaired) electrons. The fourth-order valence-electron chi connectivity index (χ4n) is 7.41. The Morgan fingerprint density at radius 2 is 0.961 bits per heavy atom. The average Bonchev–Trinajstić information content (AvgIpc) is 3.75. The first-order chi connectivity index (χ1) is 25.2. The highest BCUT2D eigenvalue weighted by atomic mass is 16.3. The van der Waals surface area contributed by atoms with Crippen LogP contribution >= 0.6 is 0 Å². The van der Waals surface area contributed by atoms with E-state index in [4.69, 9.17) is 19.4 Å². The molecule has 0 aliphatic rings. The van der Waals surface area contributed by atoms with Gasteiger partial charge < -0.3 is 4.42 Å². The highest BCUT2D eigenvalue weighted by molar-refractivity contribution is 6.13. The van der Waals surface area contributed by atoms with Gasteiger partial charge in [0.2, 0.25) is 5.95 Å². The second kappa shape index (κ2) is 11.6. The molecule has 0 atom stereocenters. The van der Waals surface area contributed by atoms with Crippen molar-refractivity contribution in [3.63, 3.8) is 0 Å². The van der Waals surface area contributed by atoms with Crippen molar-refractivity contribution in [3.8, 4) is 51.0 Å². The van der Waals surface area contributed by atoms with Crippen LogP contribution in [-0.4, -0.2) is 19.5 Å². The predicted molar refractivity (Wildman–Crippen MR) is 208 cm³/mol. The maximum atomic E-state index is 6.86. The monoisotopic (exact) mass is 654 g/mol. The zero-order valence-corrected chi connectivity index (χ0v) is 27.8. The molecule has 0 saturated carbocycles. The molecule has 10 aromatic rings. The molecule has 0 N–H and O–H groups in total. The van der Waals surface area contributed by atoms with Gasteiger partial charge in [0.1, 0.15) is 11.2 Å². The first-order valence-electron chi connectivity index (χ1n) is 17.1. The van der Waals surface area contributed by atoms with E-state index in [0.717, 1.165) is 60.6 Å². The molecule has 0 unspecified atom stereocenters. The topological polar surface area (TPSA) is 56.7 Å². The van der Waals surface area contributed by atoms with Gasteiger partial charge in [-0.25, -0.2) is 4.98 Å². The molecular weight excluding hydrogens is 625 g/mol. The highest BCUT2D eigenvalue weighted by Crippen LogP contribution is 2.40. The molecule has 0 saturated heterocycles. The van der Waals surface area contributed by atoms with E-state index < -0.39 is 0 Å².